The third-order valence-corrected chi connectivity index (χ3v) is 7.22. The van der Waals surface area contributed by atoms with Crippen molar-refractivity contribution in [1.82, 2.24) is 0 Å². The summed E-state index contributed by atoms with van der Waals surface area (Å²) in [4.78, 5) is 12.1. The van der Waals surface area contributed by atoms with Gasteiger partial charge in [0, 0.05) is 0 Å². The highest BCUT2D eigenvalue weighted by Crippen LogP contribution is 2.66. The summed E-state index contributed by atoms with van der Waals surface area (Å²) >= 11 is 0. The monoisotopic (exact) mass is 336 g/mol. The van der Waals surface area contributed by atoms with E-state index in [0.717, 1.165) is 36.0 Å². The Bertz CT molecular complexity index is 466. The zero-order valence-corrected chi connectivity index (χ0v) is 16.1. The Kier molecular flexibility index (Phi) is 5.03. The topological polar surface area (TPSA) is 46.5 Å². The second kappa shape index (κ2) is 6.63. The molecule has 0 amide bonds. The van der Waals surface area contributed by atoms with Crippen molar-refractivity contribution in [3.05, 3.63) is 0 Å². The van der Waals surface area contributed by atoms with Crippen LogP contribution in [0.5, 0.6) is 0 Å². The van der Waals surface area contributed by atoms with Gasteiger partial charge in [0.1, 0.15) is 5.60 Å². The Morgan fingerprint density at radius 1 is 1.08 bits per heavy atom. The summed E-state index contributed by atoms with van der Waals surface area (Å²) in [7, 11) is 0. The van der Waals surface area contributed by atoms with Crippen LogP contribution in [0.1, 0.15) is 73.1 Å². The van der Waals surface area contributed by atoms with Crippen LogP contribution in [0.3, 0.4) is 0 Å². The van der Waals surface area contributed by atoms with Gasteiger partial charge in [-0.3, -0.25) is 4.79 Å². The molecular weight excluding hydrogens is 300 g/mol. The Hall–Kier alpha value is -0.570. The number of carbonyl (C=O) groups excluding carboxylic acids is 1. The first kappa shape index (κ1) is 18.2. The molecule has 3 nitrogen and oxygen atoms in total. The minimum absolute atomic E-state index is 0.163. The molecule has 3 aliphatic rings. The van der Waals surface area contributed by atoms with Crippen molar-refractivity contribution >= 4 is 5.97 Å². The van der Waals surface area contributed by atoms with Crippen LogP contribution in [-0.2, 0) is 9.53 Å². The van der Waals surface area contributed by atoms with E-state index in [1.807, 2.05) is 20.8 Å². The number of hydrogen-bond acceptors (Lipinski definition) is 3. The molecule has 0 spiro atoms. The molecule has 138 valence electrons. The smallest absolute Gasteiger partial charge is 0.308 e. The summed E-state index contributed by atoms with van der Waals surface area (Å²) in [6.07, 6.45) is 6.04. The van der Waals surface area contributed by atoms with Gasteiger partial charge in [-0.25, -0.2) is 0 Å². The minimum Gasteiger partial charge on any atom is -0.460 e. The number of rotatable bonds is 5. The first-order valence-electron chi connectivity index (χ1n) is 10.1. The molecule has 8 unspecified atom stereocenters. The maximum atomic E-state index is 12.1. The number of carbonyl (C=O) groups is 1. The SMILES string of the molecule is CCC1CC(CC)C2C3CC(CC3C(O)CC(=O)OC(C)(C)C)C12. The third-order valence-electron chi connectivity index (χ3n) is 7.22. The maximum Gasteiger partial charge on any atom is 0.308 e. The van der Waals surface area contributed by atoms with Crippen molar-refractivity contribution in [3.63, 3.8) is 0 Å². The molecule has 8 atom stereocenters. The van der Waals surface area contributed by atoms with Crippen LogP contribution >= 0.6 is 0 Å². The van der Waals surface area contributed by atoms with Gasteiger partial charge < -0.3 is 9.84 Å². The molecule has 3 aliphatic carbocycles. The fourth-order valence-corrected chi connectivity index (χ4v) is 6.59. The van der Waals surface area contributed by atoms with Crippen LogP contribution in [0.25, 0.3) is 0 Å². The van der Waals surface area contributed by atoms with Crippen LogP contribution < -0.4 is 0 Å². The predicted octanol–water partition coefficient (Wildman–Crippen LogP) is 4.42. The van der Waals surface area contributed by atoms with Crippen molar-refractivity contribution in [2.75, 3.05) is 0 Å². The zero-order valence-electron chi connectivity index (χ0n) is 16.1. The summed E-state index contributed by atoms with van der Waals surface area (Å²) in [6.45, 7) is 10.3. The molecule has 0 aliphatic heterocycles. The van der Waals surface area contributed by atoms with Gasteiger partial charge in [-0.15, -0.1) is 0 Å². The van der Waals surface area contributed by atoms with E-state index in [2.05, 4.69) is 13.8 Å². The molecule has 0 aromatic carbocycles. The summed E-state index contributed by atoms with van der Waals surface area (Å²) in [5.74, 6) is 4.93. The van der Waals surface area contributed by atoms with Crippen molar-refractivity contribution in [2.45, 2.75) is 84.8 Å². The molecule has 24 heavy (non-hydrogen) atoms. The van der Waals surface area contributed by atoms with Gasteiger partial charge in [-0.05, 0) is 81.5 Å². The number of fused-ring (bicyclic) bond motifs is 5. The van der Waals surface area contributed by atoms with Crippen molar-refractivity contribution in [2.24, 2.45) is 41.4 Å². The van der Waals surface area contributed by atoms with Crippen LogP contribution in [0.4, 0.5) is 0 Å². The summed E-state index contributed by atoms with van der Waals surface area (Å²) in [6, 6.07) is 0. The second-order valence-corrected chi connectivity index (χ2v) is 9.64. The van der Waals surface area contributed by atoms with Crippen LogP contribution in [-0.4, -0.2) is 22.8 Å². The Morgan fingerprint density at radius 2 is 1.71 bits per heavy atom. The minimum atomic E-state index is -0.519. The van der Waals surface area contributed by atoms with Gasteiger partial charge in [0.25, 0.3) is 0 Å². The Morgan fingerprint density at radius 3 is 2.29 bits per heavy atom. The van der Waals surface area contributed by atoms with Gasteiger partial charge in [0.05, 0.1) is 12.5 Å². The second-order valence-electron chi connectivity index (χ2n) is 9.64. The van der Waals surface area contributed by atoms with E-state index in [-0.39, 0.29) is 12.4 Å². The first-order chi connectivity index (χ1) is 11.2. The van der Waals surface area contributed by atoms with Gasteiger partial charge >= 0.3 is 5.97 Å². The quantitative estimate of drug-likeness (QED) is 0.756. The molecule has 0 aromatic heterocycles. The van der Waals surface area contributed by atoms with Crippen LogP contribution in [0, 0.1) is 41.4 Å². The molecule has 3 saturated carbocycles. The van der Waals surface area contributed by atoms with Crippen molar-refractivity contribution in [1.29, 1.82) is 0 Å². The standard InChI is InChI=1S/C21H36O3/c1-6-12-8-13(7-2)20-16-10-14(19(12)20)9-15(16)17(22)11-18(23)24-21(3,4)5/h12-17,19-20,22H,6-11H2,1-5H3. The molecule has 3 heteroatoms. The van der Waals surface area contributed by atoms with E-state index < -0.39 is 11.7 Å². The van der Waals surface area contributed by atoms with Gasteiger partial charge in [0.15, 0.2) is 0 Å². The fourth-order valence-electron chi connectivity index (χ4n) is 6.59. The zero-order chi connectivity index (χ0) is 17.6. The largest absolute Gasteiger partial charge is 0.460 e. The van der Waals surface area contributed by atoms with E-state index in [4.69, 9.17) is 4.74 Å². The molecule has 0 radical (unpaired) electrons. The van der Waals surface area contributed by atoms with E-state index in [1.54, 1.807) is 0 Å². The highest BCUT2D eigenvalue weighted by molar-refractivity contribution is 5.70. The average molecular weight is 337 g/mol. The van der Waals surface area contributed by atoms with E-state index in [0.29, 0.717) is 11.8 Å². The summed E-state index contributed by atoms with van der Waals surface area (Å²) in [5, 5.41) is 10.7. The lowest BCUT2D eigenvalue weighted by molar-refractivity contribution is -0.158. The fraction of sp³-hybridized carbons (Fsp3) is 0.952. The van der Waals surface area contributed by atoms with E-state index in [1.165, 1.54) is 25.7 Å². The molecule has 0 heterocycles. The number of hydrogen-bond donors (Lipinski definition) is 1. The molecule has 0 aromatic rings. The molecule has 0 saturated heterocycles. The average Bonchev–Trinajstić information content (AvgIpc) is 3.14. The molecular formula is C21H36O3. The molecule has 2 bridgehead atoms. The predicted molar refractivity (Wildman–Crippen MR) is 95.3 cm³/mol. The number of aliphatic hydroxyl groups is 1. The summed E-state index contributed by atoms with van der Waals surface area (Å²) in [5.41, 5.74) is -0.469. The summed E-state index contributed by atoms with van der Waals surface area (Å²) < 4.78 is 5.41. The van der Waals surface area contributed by atoms with Crippen molar-refractivity contribution < 1.29 is 14.6 Å². The van der Waals surface area contributed by atoms with E-state index in [9.17, 15) is 9.90 Å². The number of esters is 1. The van der Waals surface area contributed by atoms with Gasteiger partial charge in [-0.1, -0.05) is 26.7 Å². The highest BCUT2D eigenvalue weighted by atomic mass is 16.6. The Labute approximate surface area is 147 Å². The number of ether oxygens (including phenoxy) is 1. The van der Waals surface area contributed by atoms with Crippen molar-refractivity contribution in [3.8, 4) is 0 Å². The van der Waals surface area contributed by atoms with E-state index >= 15 is 0 Å². The van der Waals surface area contributed by atoms with Crippen LogP contribution in [0.15, 0.2) is 0 Å². The lowest BCUT2D eigenvalue weighted by Crippen LogP contribution is -2.37. The third kappa shape index (κ3) is 3.25. The first-order valence-corrected chi connectivity index (χ1v) is 10.1. The van der Waals surface area contributed by atoms with Crippen LogP contribution in [0.2, 0.25) is 0 Å². The maximum absolute atomic E-state index is 12.1. The van der Waals surface area contributed by atoms with Gasteiger partial charge in [0.2, 0.25) is 0 Å². The highest BCUT2D eigenvalue weighted by Gasteiger charge is 2.60. The Balaban J connectivity index is 1.65. The number of aliphatic hydroxyl groups excluding tert-OH is 1. The molecule has 3 rings (SSSR count). The molecule has 1 N–H and O–H groups in total. The lowest BCUT2D eigenvalue weighted by Gasteiger charge is -2.37. The normalized spacial score (nSPS) is 42.2. The van der Waals surface area contributed by atoms with Gasteiger partial charge in [-0.2, -0.15) is 0 Å². The molecule has 3 fully saturated rings. The lowest BCUT2D eigenvalue weighted by atomic mass is 9.69.